The van der Waals surface area contributed by atoms with Crippen molar-refractivity contribution >= 4 is 104 Å². The summed E-state index contributed by atoms with van der Waals surface area (Å²) in [5.41, 5.74) is 12.5. The molecule has 0 aromatic carbocycles. The molecule has 15 aromatic heterocycles. The van der Waals surface area contributed by atoms with Gasteiger partial charge in [0.05, 0.1) is 80.7 Å². The van der Waals surface area contributed by atoms with Crippen LogP contribution in [0, 0.1) is 69.2 Å². The molecular weight excluding hydrogens is 1990 g/mol. The Morgan fingerprint density at radius 1 is 0.340 bits per heavy atom. The van der Waals surface area contributed by atoms with Crippen LogP contribution in [0.25, 0.3) is 112 Å². The lowest BCUT2D eigenvalue weighted by Gasteiger charge is -2.15. The van der Waals surface area contributed by atoms with Crippen LogP contribution in [0.1, 0.15) is 303 Å². The standard InChI is InChI=1S/C21H28N4.C20H23F3N4O3S.C20H27N5.C20H26N4O.C19H24N4O.C2F6O5S2.CH4.ClH/c1-8-17-16(9-10-18(23-17)12(2)3)20-15(7)22-21-19(24-20)14(6)11-25(21)13(4)5;1-10(2)15-8-7-14(19(25-15)30-31(28,29)20(21,22)23)17-13(6)24-18-16(26-17)12(5)9-27(18)11(3)4;1-11(2)16-9-8-15(19(21-7)23-16)18-14(6)22-20-17(24-18)13(5)10-25(20)12(3)4;1-11(2)16-9-8-15(20(22-16)25-7)18-14(6)21-19-17(23-18)13(5)10-24(19)12(3)4;1-10(2)15-8-7-14(19(24)21-15)17-13(6)20-18-16(22-17)12(5)9-23(18)11(3)4;3-1(4,5)14(9,10)13-15(11,12)2(6,7)8;;/h9-13H,8H2,1-7H3;7-11H,1-6H3;8-12H,1-7H3,(H,21,23);8-12H,1-7H3;7-11H,1-6H3,(H,21,24);;1H4;1H. The minimum Gasteiger partial charge on any atom is -0.480 e. The molecule has 0 saturated heterocycles. The Labute approximate surface area is 858 Å². The van der Waals surface area contributed by atoms with Crippen molar-refractivity contribution in [2.45, 2.75) is 305 Å². The maximum atomic E-state index is 13.0. The molecule has 0 bridgehead atoms. The zero-order valence-corrected chi connectivity index (χ0v) is 91.5. The van der Waals surface area contributed by atoms with Crippen LogP contribution < -0.4 is 19.8 Å². The van der Waals surface area contributed by atoms with Crippen LogP contribution in [0.3, 0.4) is 0 Å². The molecule has 15 aromatic rings. The fourth-order valence-corrected chi connectivity index (χ4v) is 17.6. The number of anilines is 1. The largest absolute Gasteiger partial charge is 0.534 e. The van der Waals surface area contributed by atoms with E-state index in [2.05, 4.69) is 240 Å². The normalized spacial score (nSPS) is 12.2. The highest BCUT2D eigenvalue weighted by atomic mass is 35.5. The number of ether oxygens (including phenoxy) is 1. The van der Waals surface area contributed by atoms with Gasteiger partial charge in [-0.3, -0.25) is 9.78 Å². The van der Waals surface area contributed by atoms with E-state index >= 15 is 0 Å². The van der Waals surface area contributed by atoms with E-state index in [-0.39, 0.29) is 54.5 Å². The highest BCUT2D eigenvalue weighted by Gasteiger charge is 2.58. The molecule has 0 saturated carbocycles. The van der Waals surface area contributed by atoms with Crippen LogP contribution in [-0.2, 0) is 40.4 Å². The minimum atomic E-state index is -6.85. The molecule has 0 fully saturated rings. The molecule has 0 aliphatic carbocycles. The Hall–Kier alpha value is -12.5. The number of H-pyrrole nitrogens is 1. The average molecular weight is 2130 g/mol. The van der Waals surface area contributed by atoms with Gasteiger partial charge in [0.2, 0.25) is 11.8 Å². The van der Waals surface area contributed by atoms with Gasteiger partial charge in [0.25, 0.3) is 5.56 Å². The first-order valence-electron chi connectivity index (χ1n) is 47.3. The van der Waals surface area contributed by atoms with Crippen LogP contribution in [0.2, 0.25) is 0 Å². The Bertz CT molecular complexity index is 7350. The van der Waals surface area contributed by atoms with Crippen LogP contribution >= 0.6 is 12.4 Å². The summed E-state index contributed by atoms with van der Waals surface area (Å²) in [6.07, 6.45) is 11.3. The topological polar surface area (TPSA) is 380 Å². The van der Waals surface area contributed by atoms with Gasteiger partial charge in [-0.2, -0.15) is 64.8 Å². The number of alkyl halides is 9. The lowest BCUT2D eigenvalue weighted by molar-refractivity contribution is -0.0586. The van der Waals surface area contributed by atoms with E-state index in [1.54, 1.807) is 33.9 Å². The van der Waals surface area contributed by atoms with Crippen molar-refractivity contribution in [3.05, 3.63) is 192 Å². The number of halogens is 10. The predicted octanol–water partition coefficient (Wildman–Crippen LogP) is 26.0. The maximum absolute atomic E-state index is 13.0. The van der Waals surface area contributed by atoms with E-state index in [0.717, 1.165) is 164 Å². The number of fused-ring (bicyclic) bond motifs is 5. The van der Waals surface area contributed by atoms with E-state index in [9.17, 15) is 69.6 Å². The van der Waals surface area contributed by atoms with Crippen LogP contribution in [-0.4, -0.2) is 154 Å². The third-order valence-electron chi connectivity index (χ3n) is 23.6. The molecule has 44 heteroatoms. The van der Waals surface area contributed by atoms with E-state index in [0.29, 0.717) is 81.6 Å². The van der Waals surface area contributed by atoms with Crippen molar-refractivity contribution in [3.8, 4) is 68.0 Å². The number of methoxy groups -OCH3 is 1. The molecule has 15 rings (SSSR count). The Kier molecular flexibility index (Phi) is 38.2. The second-order valence-corrected chi connectivity index (χ2v) is 43.2. The Balaban J connectivity index is 0.000000217. The summed E-state index contributed by atoms with van der Waals surface area (Å²) in [5, 5.41) is 3.22. The Morgan fingerprint density at radius 3 is 0.871 bits per heavy atom. The summed E-state index contributed by atoms with van der Waals surface area (Å²) in [5.74, 6) is 2.05. The van der Waals surface area contributed by atoms with Gasteiger partial charge in [0, 0.05) is 114 Å². The molecule has 2 N–H and O–H groups in total. The molecule has 0 aliphatic heterocycles. The van der Waals surface area contributed by atoms with Crippen molar-refractivity contribution < 1.29 is 77.3 Å². The number of hydrogen-bond acceptors (Lipinski definition) is 25. The zero-order valence-electron chi connectivity index (χ0n) is 88.3. The van der Waals surface area contributed by atoms with Crippen molar-refractivity contribution in [1.82, 2.24) is 97.6 Å². The lowest BCUT2D eigenvalue weighted by Crippen LogP contribution is -2.34. The van der Waals surface area contributed by atoms with E-state index in [4.69, 9.17) is 54.6 Å². The summed E-state index contributed by atoms with van der Waals surface area (Å²) in [7, 11) is -16.1. The number of aromatic nitrogens is 20. The third-order valence-corrected chi connectivity index (χ3v) is 27.2. The van der Waals surface area contributed by atoms with Crippen LogP contribution in [0.15, 0.2) is 96.4 Å². The molecule has 0 unspecified atom stereocenters. The number of nitrogens with zero attached hydrogens (tertiary/aromatic N) is 19. The Morgan fingerprint density at radius 2 is 0.599 bits per heavy atom. The fourth-order valence-electron chi connectivity index (χ4n) is 15.7. The first kappa shape index (κ1) is 120. The zero-order chi connectivity index (χ0) is 109. The van der Waals surface area contributed by atoms with Crippen molar-refractivity contribution in [2.75, 3.05) is 19.5 Å². The van der Waals surface area contributed by atoms with Crippen molar-refractivity contribution in [1.29, 1.82) is 0 Å². The molecule has 798 valence electrons. The SMILES string of the molecule is C.CCc1nc(C(C)C)ccc1-c1nc2c(C)cn(C(C)C)c2nc1C.CNc1nc(C(C)C)ccc1-c1nc2c(C)cn(C(C)C)c2nc1C.COc1nc(C(C)C)ccc1-c1nc2c(C)cn(C(C)C)c2nc1C.Cc1nc2c(nc1-c1ccc(C(C)C)[nH]c1=O)c(C)cn2C(C)C.Cc1nc2c(nc1-c1ccc(C(C)C)nc1OS(=O)(=O)C(F)(F)F)c(C)cn2C(C)C.Cl.O=S(=O)(OS(=O)(=O)C(F)(F)F)C(F)(F)F. The van der Waals surface area contributed by atoms with Gasteiger partial charge >= 0.3 is 46.9 Å². The van der Waals surface area contributed by atoms with Gasteiger partial charge in [0.1, 0.15) is 33.4 Å². The molecule has 0 atom stereocenters. The quantitative estimate of drug-likeness (QED) is 0.0361. The second-order valence-electron chi connectivity index (χ2n) is 38.3. The predicted molar refractivity (Wildman–Crippen MR) is 562 cm³/mol. The summed E-state index contributed by atoms with van der Waals surface area (Å²) in [6.45, 7) is 63.7. The maximum Gasteiger partial charge on any atom is 0.534 e. The molecule has 31 nitrogen and oxygen atoms in total. The molecule has 0 aliphatic rings. The first-order chi connectivity index (χ1) is 67.2. The van der Waals surface area contributed by atoms with Gasteiger partial charge < -0.3 is 42.1 Å². The lowest BCUT2D eigenvalue weighted by atomic mass is 10.0. The fraction of sp³-hybridized carbons (Fsp3) is 0.466. The molecular formula is C103H133ClF9N21O10S3. The summed E-state index contributed by atoms with van der Waals surface area (Å²) >= 11 is 0. The van der Waals surface area contributed by atoms with Gasteiger partial charge in [-0.05, 0) is 263 Å². The number of hydrogen-bond donors (Lipinski definition) is 2. The summed E-state index contributed by atoms with van der Waals surface area (Å²) in [4.78, 5) is 82.0. The number of aryl methyl sites for hydroxylation is 11. The molecule has 147 heavy (non-hydrogen) atoms. The van der Waals surface area contributed by atoms with Crippen molar-refractivity contribution in [2.24, 2.45) is 0 Å². The molecule has 0 radical (unpaired) electrons. The second kappa shape index (κ2) is 46.9. The average Bonchev–Trinajstić information content (AvgIpc) is 1.70. The number of pyridine rings is 5. The monoisotopic (exact) mass is 2130 g/mol. The van der Waals surface area contributed by atoms with Gasteiger partial charge in [-0.25, -0.2) is 64.8 Å². The summed E-state index contributed by atoms with van der Waals surface area (Å²) in [6, 6.07) is 20.9. The smallest absolute Gasteiger partial charge is 0.480 e. The van der Waals surface area contributed by atoms with Gasteiger partial charge in [0.15, 0.2) is 28.2 Å². The molecule has 0 amide bonds. The first-order valence-corrected chi connectivity index (χ1v) is 51.6. The third kappa shape index (κ3) is 26.3. The number of aromatic amines is 1. The highest BCUT2D eigenvalue weighted by molar-refractivity contribution is 8.00. The molecule has 0 spiro atoms. The van der Waals surface area contributed by atoms with E-state index in [1.165, 1.54) is 11.6 Å². The van der Waals surface area contributed by atoms with E-state index in [1.807, 2.05) is 101 Å². The number of rotatable bonds is 22. The van der Waals surface area contributed by atoms with Crippen molar-refractivity contribution in [3.63, 3.8) is 0 Å². The van der Waals surface area contributed by atoms with Gasteiger partial charge in [-0.1, -0.05) is 83.6 Å². The molecule has 15 heterocycles. The summed E-state index contributed by atoms with van der Waals surface area (Å²) < 4.78 is 193. The van der Waals surface area contributed by atoms with Gasteiger partial charge in [-0.15, -0.1) is 16.0 Å². The van der Waals surface area contributed by atoms with Crippen LogP contribution in [0.4, 0.5) is 45.3 Å². The highest BCUT2D eigenvalue weighted by Crippen LogP contribution is 2.42. The van der Waals surface area contributed by atoms with Crippen LogP contribution in [0.5, 0.6) is 11.8 Å². The van der Waals surface area contributed by atoms with E-state index < -0.39 is 52.8 Å². The number of nitrogens with one attached hydrogen (secondary N) is 2. The minimum absolute atomic E-state index is 0.